The van der Waals surface area contributed by atoms with Crippen molar-refractivity contribution in [1.29, 1.82) is 5.26 Å². The van der Waals surface area contributed by atoms with Crippen LogP contribution in [-0.2, 0) is 14.8 Å². The molecule has 20 heavy (non-hydrogen) atoms. The minimum atomic E-state index is -3.96. The molecule has 1 aromatic carbocycles. The van der Waals surface area contributed by atoms with Gasteiger partial charge in [-0.1, -0.05) is 6.92 Å². The van der Waals surface area contributed by atoms with Gasteiger partial charge in [0.05, 0.1) is 17.0 Å². The Kier molecular flexibility index (Phi) is 5.61. The highest BCUT2D eigenvalue weighted by Gasteiger charge is 2.17. The molecule has 0 aromatic heterocycles. The number of nitriles is 1. The lowest BCUT2D eigenvalue weighted by atomic mass is 10.2. The molecule has 1 rings (SSSR count). The quantitative estimate of drug-likeness (QED) is 0.799. The summed E-state index contributed by atoms with van der Waals surface area (Å²) in [4.78, 5) is 11.0. The average Bonchev–Trinajstić information content (AvgIpc) is 2.43. The second-order valence-electron chi connectivity index (χ2n) is 3.93. The number of hydrogen-bond acceptors (Lipinski definition) is 4. The van der Waals surface area contributed by atoms with E-state index >= 15 is 0 Å². The number of amides is 1. The van der Waals surface area contributed by atoms with E-state index in [1.807, 2.05) is 6.92 Å². The van der Waals surface area contributed by atoms with Crippen molar-refractivity contribution < 1.29 is 17.6 Å². The zero-order valence-corrected chi connectivity index (χ0v) is 11.6. The maximum atomic E-state index is 13.1. The van der Waals surface area contributed by atoms with Gasteiger partial charge in [-0.15, -0.1) is 0 Å². The normalized spacial score (nSPS) is 10.8. The number of carbonyl (C=O) groups is 1. The summed E-state index contributed by atoms with van der Waals surface area (Å²) in [6, 6.07) is 4.40. The summed E-state index contributed by atoms with van der Waals surface area (Å²) < 4.78 is 38.9. The minimum absolute atomic E-state index is 0.265. The van der Waals surface area contributed by atoms with Gasteiger partial charge in [-0.2, -0.15) is 5.26 Å². The third-order valence-electron chi connectivity index (χ3n) is 2.36. The van der Waals surface area contributed by atoms with E-state index in [4.69, 9.17) is 5.26 Å². The third kappa shape index (κ3) is 4.29. The maximum Gasteiger partial charge on any atom is 0.241 e. The molecule has 1 amide bonds. The lowest BCUT2D eigenvalue weighted by Crippen LogP contribution is -2.37. The van der Waals surface area contributed by atoms with Crippen LogP contribution >= 0.6 is 0 Å². The van der Waals surface area contributed by atoms with Crippen molar-refractivity contribution >= 4 is 15.9 Å². The van der Waals surface area contributed by atoms with Crippen LogP contribution in [0.25, 0.3) is 0 Å². The van der Waals surface area contributed by atoms with Crippen LogP contribution in [0, 0.1) is 17.1 Å². The Bertz CT molecular complexity index is 638. The molecular weight excluding hydrogens is 285 g/mol. The molecule has 6 nitrogen and oxygen atoms in total. The van der Waals surface area contributed by atoms with E-state index < -0.39 is 28.3 Å². The fourth-order valence-corrected chi connectivity index (χ4v) is 2.34. The van der Waals surface area contributed by atoms with Crippen LogP contribution in [0.15, 0.2) is 23.1 Å². The summed E-state index contributed by atoms with van der Waals surface area (Å²) in [5, 5.41) is 11.2. The Morgan fingerprint density at radius 1 is 1.45 bits per heavy atom. The summed E-state index contributed by atoms with van der Waals surface area (Å²) in [6.45, 7) is 1.91. The lowest BCUT2D eigenvalue weighted by molar-refractivity contribution is -0.119. The molecule has 108 valence electrons. The van der Waals surface area contributed by atoms with Crippen molar-refractivity contribution in [2.75, 3.05) is 13.1 Å². The van der Waals surface area contributed by atoms with Crippen LogP contribution in [0.4, 0.5) is 4.39 Å². The molecule has 0 radical (unpaired) electrons. The first kappa shape index (κ1) is 16.1. The monoisotopic (exact) mass is 299 g/mol. The summed E-state index contributed by atoms with van der Waals surface area (Å²) in [5.74, 6) is -1.26. The molecule has 0 bridgehead atoms. The van der Waals surface area contributed by atoms with Gasteiger partial charge in [-0.05, 0) is 24.6 Å². The van der Waals surface area contributed by atoms with Crippen LogP contribution < -0.4 is 10.0 Å². The number of carbonyl (C=O) groups excluding carboxylic acids is 1. The van der Waals surface area contributed by atoms with Crippen molar-refractivity contribution in [3.8, 4) is 6.07 Å². The first-order chi connectivity index (χ1) is 9.40. The summed E-state index contributed by atoms with van der Waals surface area (Å²) in [7, 11) is -3.96. The van der Waals surface area contributed by atoms with E-state index in [2.05, 4.69) is 10.0 Å². The Balaban J connectivity index is 2.80. The van der Waals surface area contributed by atoms with Gasteiger partial charge in [-0.25, -0.2) is 17.5 Å². The number of benzene rings is 1. The van der Waals surface area contributed by atoms with Crippen molar-refractivity contribution in [3.05, 3.63) is 29.6 Å². The Morgan fingerprint density at radius 2 is 2.15 bits per heavy atom. The smallest absolute Gasteiger partial charge is 0.241 e. The number of sulfonamides is 1. The van der Waals surface area contributed by atoms with Crippen LogP contribution in [0.1, 0.15) is 18.9 Å². The lowest BCUT2D eigenvalue weighted by Gasteiger charge is -2.07. The van der Waals surface area contributed by atoms with E-state index in [-0.39, 0.29) is 10.5 Å². The molecule has 0 unspecified atom stereocenters. The molecule has 2 N–H and O–H groups in total. The van der Waals surface area contributed by atoms with E-state index in [0.717, 1.165) is 24.6 Å². The average molecular weight is 299 g/mol. The van der Waals surface area contributed by atoms with Gasteiger partial charge in [-0.3, -0.25) is 4.79 Å². The number of rotatable bonds is 6. The molecule has 0 fully saturated rings. The molecular formula is C12H14FN3O3S. The van der Waals surface area contributed by atoms with Gasteiger partial charge in [0, 0.05) is 6.54 Å². The van der Waals surface area contributed by atoms with Crippen molar-refractivity contribution in [2.24, 2.45) is 0 Å². The standard InChI is InChI=1S/C12H14FN3O3S/c1-2-5-15-12(17)8-16-20(18,19)10-3-4-11(13)9(6-10)7-14/h3-4,6,16H,2,5,8H2,1H3,(H,15,17). The second kappa shape index (κ2) is 6.98. The van der Waals surface area contributed by atoms with E-state index in [1.165, 1.54) is 0 Å². The fraction of sp³-hybridized carbons (Fsp3) is 0.333. The number of nitrogens with zero attached hydrogens (tertiary/aromatic N) is 1. The minimum Gasteiger partial charge on any atom is -0.355 e. The molecule has 0 saturated carbocycles. The van der Waals surface area contributed by atoms with E-state index in [9.17, 15) is 17.6 Å². The van der Waals surface area contributed by atoms with Crippen molar-refractivity contribution in [1.82, 2.24) is 10.0 Å². The molecule has 0 aliphatic rings. The summed E-state index contributed by atoms with van der Waals surface area (Å²) in [6.07, 6.45) is 0.738. The van der Waals surface area contributed by atoms with E-state index in [1.54, 1.807) is 6.07 Å². The summed E-state index contributed by atoms with van der Waals surface area (Å²) in [5.41, 5.74) is -0.372. The van der Waals surface area contributed by atoms with Gasteiger partial charge in [0.1, 0.15) is 11.9 Å². The number of nitrogens with one attached hydrogen (secondary N) is 2. The molecule has 1 aromatic rings. The zero-order chi connectivity index (χ0) is 15.2. The molecule has 0 saturated heterocycles. The number of halogens is 1. The first-order valence-corrected chi connectivity index (χ1v) is 7.35. The van der Waals surface area contributed by atoms with Gasteiger partial charge < -0.3 is 5.32 Å². The van der Waals surface area contributed by atoms with Crippen LogP contribution in [-0.4, -0.2) is 27.4 Å². The van der Waals surface area contributed by atoms with Gasteiger partial charge in [0.2, 0.25) is 15.9 Å². The largest absolute Gasteiger partial charge is 0.355 e. The van der Waals surface area contributed by atoms with Gasteiger partial charge in [0.15, 0.2) is 0 Å². The third-order valence-corrected chi connectivity index (χ3v) is 3.76. The van der Waals surface area contributed by atoms with Crippen LogP contribution in [0.3, 0.4) is 0 Å². The zero-order valence-electron chi connectivity index (χ0n) is 10.8. The second-order valence-corrected chi connectivity index (χ2v) is 5.69. The highest BCUT2D eigenvalue weighted by atomic mass is 32.2. The highest BCUT2D eigenvalue weighted by Crippen LogP contribution is 2.14. The summed E-state index contributed by atoms with van der Waals surface area (Å²) >= 11 is 0. The predicted molar refractivity (Wildman–Crippen MR) is 69.6 cm³/mol. The topological polar surface area (TPSA) is 99.1 Å². The molecule has 8 heteroatoms. The Labute approximate surface area is 116 Å². The van der Waals surface area contributed by atoms with E-state index in [0.29, 0.717) is 6.54 Å². The van der Waals surface area contributed by atoms with Crippen molar-refractivity contribution in [2.45, 2.75) is 18.2 Å². The molecule has 0 aliphatic heterocycles. The predicted octanol–water partition coefficient (Wildman–Crippen LogP) is 0.502. The Morgan fingerprint density at radius 3 is 2.75 bits per heavy atom. The molecule has 0 heterocycles. The maximum absolute atomic E-state index is 13.1. The molecule has 0 spiro atoms. The van der Waals surface area contributed by atoms with Crippen LogP contribution in [0.2, 0.25) is 0 Å². The van der Waals surface area contributed by atoms with Gasteiger partial charge in [0.25, 0.3) is 0 Å². The molecule has 0 atom stereocenters. The van der Waals surface area contributed by atoms with Gasteiger partial charge >= 0.3 is 0 Å². The fourth-order valence-electron chi connectivity index (χ4n) is 1.33. The highest BCUT2D eigenvalue weighted by molar-refractivity contribution is 7.89. The molecule has 0 aliphatic carbocycles. The Hall–Kier alpha value is -1.98. The SMILES string of the molecule is CCCNC(=O)CNS(=O)(=O)c1ccc(F)c(C#N)c1. The van der Waals surface area contributed by atoms with Crippen LogP contribution in [0.5, 0.6) is 0 Å². The van der Waals surface area contributed by atoms with Crippen molar-refractivity contribution in [3.63, 3.8) is 0 Å². The first-order valence-electron chi connectivity index (χ1n) is 5.86. The number of hydrogen-bond donors (Lipinski definition) is 2.